The van der Waals surface area contributed by atoms with Gasteiger partial charge in [0.05, 0.1) is 0 Å². The molecule has 0 saturated carbocycles. The predicted octanol–water partition coefficient (Wildman–Crippen LogP) is 3.49. The summed E-state index contributed by atoms with van der Waals surface area (Å²) < 4.78 is 0. The van der Waals surface area contributed by atoms with Crippen molar-refractivity contribution in [3.05, 3.63) is 0 Å². The Balaban J connectivity index is 1.64. The largest absolute Gasteiger partial charge is 0.287 e. The van der Waals surface area contributed by atoms with Crippen molar-refractivity contribution in [2.75, 3.05) is 0 Å². The first-order valence-corrected chi connectivity index (χ1v) is 8.23. The molecule has 0 aromatic rings. The third kappa shape index (κ3) is 3.50. The fraction of sp³-hybridized carbons (Fsp3) is 0.846. The molecule has 2 heterocycles. The fourth-order valence-corrected chi connectivity index (χ4v) is 5.22. The van der Waals surface area contributed by atoms with Crippen molar-refractivity contribution in [1.29, 1.82) is 0 Å². The lowest BCUT2D eigenvalue weighted by molar-refractivity contribution is -0.114. The highest BCUT2D eigenvalue weighted by Crippen LogP contribution is 2.38. The molecule has 2 nitrogen and oxygen atoms in total. The fourth-order valence-electron chi connectivity index (χ4n) is 2.56. The Labute approximate surface area is 112 Å². The number of hydrogen-bond acceptors (Lipinski definition) is 4. The second-order valence-electron chi connectivity index (χ2n) is 5.32. The molecule has 96 valence electrons. The van der Waals surface area contributed by atoms with E-state index in [1.54, 1.807) is 23.5 Å². The molecular weight excluding hydrogens is 252 g/mol. The lowest BCUT2D eigenvalue weighted by atomic mass is 10.0. The summed E-state index contributed by atoms with van der Waals surface area (Å²) in [6, 6.07) is 0. The van der Waals surface area contributed by atoms with Gasteiger partial charge in [-0.05, 0) is 25.7 Å². The summed E-state index contributed by atoms with van der Waals surface area (Å²) in [7, 11) is 0. The van der Waals surface area contributed by atoms with Crippen LogP contribution in [0.2, 0.25) is 0 Å². The normalized spacial score (nSPS) is 38.0. The summed E-state index contributed by atoms with van der Waals surface area (Å²) in [5, 5.41) is 1.82. The van der Waals surface area contributed by atoms with Gasteiger partial charge in [-0.3, -0.25) is 9.59 Å². The highest BCUT2D eigenvalue weighted by molar-refractivity contribution is 8.14. The van der Waals surface area contributed by atoms with E-state index in [9.17, 15) is 9.59 Å². The maximum atomic E-state index is 11.4. The number of rotatable bonds is 4. The minimum absolute atomic E-state index is 0.257. The maximum Gasteiger partial charge on any atom is 0.192 e. The first-order chi connectivity index (χ1) is 8.06. The zero-order chi connectivity index (χ0) is 12.4. The molecule has 2 rings (SSSR count). The van der Waals surface area contributed by atoms with Crippen LogP contribution in [0.5, 0.6) is 0 Å². The van der Waals surface area contributed by atoms with Gasteiger partial charge >= 0.3 is 0 Å². The topological polar surface area (TPSA) is 34.1 Å². The highest BCUT2D eigenvalue weighted by atomic mass is 32.2. The van der Waals surface area contributed by atoms with Gasteiger partial charge in [-0.2, -0.15) is 0 Å². The Morgan fingerprint density at radius 1 is 0.941 bits per heavy atom. The van der Waals surface area contributed by atoms with E-state index in [0.717, 1.165) is 32.1 Å². The Hall–Kier alpha value is 0.0400. The molecule has 0 aromatic carbocycles. The van der Waals surface area contributed by atoms with Crippen LogP contribution in [-0.2, 0) is 9.59 Å². The van der Waals surface area contributed by atoms with Crippen molar-refractivity contribution in [2.24, 2.45) is 11.8 Å². The van der Waals surface area contributed by atoms with Crippen LogP contribution in [0.25, 0.3) is 0 Å². The van der Waals surface area contributed by atoms with E-state index in [4.69, 9.17) is 0 Å². The lowest BCUT2D eigenvalue weighted by Gasteiger charge is -2.10. The monoisotopic (exact) mass is 272 g/mol. The molecule has 2 aliphatic heterocycles. The summed E-state index contributed by atoms with van der Waals surface area (Å²) in [4.78, 5) is 22.8. The molecule has 0 amide bonds. The van der Waals surface area contributed by atoms with Crippen molar-refractivity contribution in [1.82, 2.24) is 0 Å². The third-order valence-corrected chi connectivity index (χ3v) is 6.45. The van der Waals surface area contributed by atoms with Gasteiger partial charge in [0, 0.05) is 22.3 Å². The average Bonchev–Trinajstić information content (AvgIpc) is 2.73. The van der Waals surface area contributed by atoms with Crippen LogP contribution >= 0.6 is 23.5 Å². The zero-order valence-corrected chi connectivity index (χ0v) is 12.1. The molecule has 2 fully saturated rings. The summed E-state index contributed by atoms with van der Waals surface area (Å²) in [6.45, 7) is 4.06. The van der Waals surface area contributed by atoms with E-state index in [-0.39, 0.29) is 11.8 Å². The molecule has 0 aliphatic carbocycles. The molecule has 0 radical (unpaired) electrons. The van der Waals surface area contributed by atoms with E-state index < -0.39 is 0 Å². The van der Waals surface area contributed by atoms with Crippen molar-refractivity contribution in [3.63, 3.8) is 0 Å². The van der Waals surface area contributed by atoms with Crippen LogP contribution < -0.4 is 0 Å². The quantitative estimate of drug-likeness (QED) is 0.784. The van der Waals surface area contributed by atoms with Gasteiger partial charge in [0.15, 0.2) is 10.2 Å². The minimum atomic E-state index is 0.257. The second-order valence-corrected chi connectivity index (χ2v) is 7.93. The van der Waals surface area contributed by atoms with Crippen LogP contribution in [0.3, 0.4) is 0 Å². The summed E-state index contributed by atoms with van der Waals surface area (Å²) >= 11 is 3.09. The molecule has 0 N–H and O–H groups in total. The molecule has 0 spiro atoms. The zero-order valence-electron chi connectivity index (χ0n) is 10.5. The van der Waals surface area contributed by atoms with Gasteiger partial charge < -0.3 is 0 Å². The summed E-state index contributed by atoms with van der Waals surface area (Å²) in [6.07, 6.45) is 5.55. The van der Waals surface area contributed by atoms with Gasteiger partial charge in [0.25, 0.3) is 0 Å². The molecule has 17 heavy (non-hydrogen) atoms. The van der Waals surface area contributed by atoms with Crippen molar-refractivity contribution >= 4 is 33.8 Å². The standard InChI is InChI=1S/C13H20O2S2/c1-8-6-10(16-12(8)14)4-3-5-11-7-9(2)13(15)17-11/h8-11H,3-7H2,1-2H3. The van der Waals surface area contributed by atoms with E-state index in [1.165, 1.54) is 0 Å². The Kier molecular flexibility index (Phi) is 4.59. The average molecular weight is 272 g/mol. The third-order valence-electron chi connectivity index (χ3n) is 3.66. The van der Waals surface area contributed by atoms with Gasteiger partial charge in [-0.15, -0.1) is 0 Å². The second kappa shape index (κ2) is 5.79. The molecule has 2 saturated heterocycles. The number of carbonyl (C=O) groups excluding carboxylic acids is 2. The van der Waals surface area contributed by atoms with Gasteiger partial charge in [-0.25, -0.2) is 0 Å². The SMILES string of the molecule is CC1CC(CCCC2CC(C)C(=O)S2)SC1=O. The van der Waals surface area contributed by atoms with Gasteiger partial charge in [0.1, 0.15) is 0 Å². The van der Waals surface area contributed by atoms with E-state index in [2.05, 4.69) is 0 Å². The van der Waals surface area contributed by atoms with Crippen molar-refractivity contribution < 1.29 is 9.59 Å². The van der Waals surface area contributed by atoms with Crippen LogP contribution in [0.4, 0.5) is 0 Å². The molecule has 0 aromatic heterocycles. The Morgan fingerprint density at radius 3 is 1.65 bits per heavy atom. The number of thioether (sulfide) groups is 2. The first-order valence-electron chi connectivity index (χ1n) is 6.47. The van der Waals surface area contributed by atoms with Crippen LogP contribution in [0, 0.1) is 11.8 Å². The molecule has 4 unspecified atom stereocenters. The van der Waals surface area contributed by atoms with Crippen molar-refractivity contribution in [2.45, 2.75) is 56.5 Å². The van der Waals surface area contributed by atoms with E-state index in [0.29, 0.717) is 20.7 Å². The molecule has 2 aliphatic rings. The number of hydrogen-bond donors (Lipinski definition) is 0. The first kappa shape index (κ1) is 13.5. The van der Waals surface area contributed by atoms with Gasteiger partial charge in [-0.1, -0.05) is 43.8 Å². The molecule has 0 bridgehead atoms. The molecule has 4 heteroatoms. The predicted molar refractivity (Wildman–Crippen MR) is 74.2 cm³/mol. The molecular formula is C13H20O2S2. The smallest absolute Gasteiger partial charge is 0.192 e. The Morgan fingerprint density at radius 2 is 1.35 bits per heavy atom. The van der Waals surface area contributed by atoms with Crippen molar-refractivity contribution in [3.8, 4) is 0 Å². The molecule has 4 atom stereocenters. The van der Waals surface area contributed by atoms with Crippen LogP contribution in [0.1, 0.15) is 46.0 Å². The number of carbonyl (C=O) groups is 2. The lowest BCUT2D eigenvalue weighted by Crippen LogP contribution is -2.03. The highest BCUT2D eigenvalue weighted by Gasteiger charge is 2.32. The Bertz CT molecular complexity index is 287. The van der Waals surface area contributed by atoms with E-state index in [1.807, 2.05) is 13.8 Å². The van der Waals surface area contributed by atoms with Gasteiger partial charge in [0.2, 0.25) is 0 Å². The van der Waals surface area contributed by atoms with Crippen LogP contribution in [0.15, 0.2) is 0 Å². The summed E-state index contributed by atoms with van der Waals surface area (Å²) in [5.74, 6) is 0.514. The minimum Gasteiger partial charge on any atom is -0.287 e. The van der Waals surface area contributed by atoms with Crippen LogP contribution in [-0.4, -0.2) is 20.7 Å². The summed E-state index contributed by atoms with van der Waals surface area (Å²) in [5.41, 5.74) is 0. The maximum absolute atomic E-state index is 11.4. The van der Waals surface area contributed by atoms with E-state index >= 15 is 0 Å².